The lowest BCUT2D eigenvalue weighted by Gasteiger charge is -2.11. The predicted molar refractivity (Wildman–Crippen MR) is 107 cm³/mol. The maximum atomic E-state index is 12.5. The first kappa shape index (κ1) is 18.4. The molecular weight excluding hydrogens is 340 g/mol. The van der Waals surface area contributed by atoms with Crippen LogP contribution in [0.15, 0.2) is 60.9 Å². The molecule has 0 saturated carbocycles. The van der Waals surface area contributed by atoms with Gasteiger partial charge in [0.2, 0.25) is 0 Å². The van der Waals surface area contributed by atoms with E-state index in [-0.39, 0.29) is 11.6 Å². The van der Waals surface area contributed by atoms with Crippen LogP contribution in [-0.2, 0) is 0 Å². The Morgan fingerprint density at radius 1 is 1.04 bits per heavy atom. The van der Waals surface area contributed by atoms with Crippen LogP contribution in [0.5, 0.6) is 5.75 Å². The van der Waals surface area contributed by atoms with Crippen molar-refractivity contribution in [3.05, 3.63) is 72.2 Å². The number of methoxy groups -OCH3 is 1. The summed E-state index contributed by atoms with van der Waals surface area (Å²) in [4.78, 5) is 20.8. The van der Waals surface area contributed by atoms with Crippen molar-refractivity contribution in [3.63, 3.8) is 0 Å². The lowest BCUT2D eigenvalue weighted by Crippen LogP contribution is -2.15. The van der Waals surface area contributed by atoms with Gasteiger partial charge in [-0.15, -0.1) is 0 Å². The smallest absolute Gasteiger partial charge is 0.274 e. The third-order valence-corrected chi connectivity index (χ3v) is 4.10. The van der Waals surface area contributed by atoms with Gasteiger partial charge in [0, 0.05) is 11.8 Å². The monoisotopic (exact) mass is 362 g/mol. The lowest BCUT2D eigenvalue weighted by molar-refractivity contribution is 0.102. The molecular formula is C21H22N4O2. The third-order valence-electron chi connectivity index (χ3n) is 4.10. The molecule has 0 aliphatic carbocycles. The fraction of sp³-hybridized carbons (Fsp3) is 0.190. The molecule has 1 aromatic heterocycles. The van der Waals surface area contributed by atoms with Gasteiger partial charge in [-0.25, -0.2) is 9.97 Å². The van der Waals surface area contributed by atoms with Crippen LogP contribution in [0.1, 0.15) is 35.8 Å². The standard InChI is InChI=1S/C21H22N4O2/c1-14(2)15-8-10-16(11-9-15)24-20-12-18(22-13-23-20)21(26)25-17-6-4-5-7-19(17)27-3/h4-14H,1-3H3,(H,25,26)(H,22,23,24). The number of rotatable bonds is 6. The molecule has 6 heteroatoms. The van der Waals surface area contributed by atoms with Gasteiger partial charge in [-0.3, -0.25) is 4.79 Å². The number of nitrogens with zero attached hydrogens (tertiary/aromatic N) is 2. The van der Waals surface area contributed by atoms with Crippen molar-refractivity contribution < 1.29 is 9.53 Å². The van der Waals surface area contributed by atoms with Crippen molar-refractivity contribution >= 4 is 23.1 Å². The zero-order chi connectivity index (χ0) is 19.2. The van der Waals surface area contributed by atoms with Crippen molar-refractivity contribution in [2.75, 3.05) is 17.7 Å². The van der Waals surface area contributed by atoms with Gasteiger partial charge in [0.25, 0.3) is 5.91 Å². The van der Waals surface area contributed by atoms with Gasteiger partial charge in [0.1, 0.15) is 23.6 Å². The molecule has 1 amide bonds. The number of carbonyl (C=O) groups is 1. The summed E-state index contributed by atoms with van der Waals surface area (Å²) in [6.07, 6.45) is 1.36. The number of hydrogen-bond donors (Lipinski definition) is 2. The van der Waals surface area contributed by atoms with E-state index in [2.05, 4.69) is 46.6 Å². The maximum absolute atomic E-state index is 12.5. The highest BCUT2D eigenvalue weighted by atomic mass is 16.5. The highest BCUT2D eigenvalue weighted by Gasteiger charge is 2.12. The van der Waals surface area contributed by atoms with Crippen LogP contribution in [0.25, 0.3) is 0 Å². The van der Waals surface area contributed by atoms with Gasteiger partial charge in [-0.2, -0.15) is 0 Å². The maximum Gasteiger partial charge on any atom is 0.274 e. The van der Waals surface area contributed by atoms with Gasteiger partial charge in [-0.1, -0.05) is 38.1 Å². The molecule has 1 heterocycles. The van der Waals surface area contributed by atoms with Crippen LogP contribution < -0.4 is 15.4 Å². The molecule has 0 unspecified atom stereocenters. The number of anilines is 3. The number of carbonyl (C=O) groups excluding carboxylic acids is 1. The van der Waals surface area contributed by atoms with E-state index < -0.39 is 0 Å². The highest BCUT2D eigenvalue weighted by Crippen LogP contribution is 2.24. The normalized spacial score (nSPS) is 10.5. The highest BCUT2D eigenvalue weighted by molar-refractivity contribution is 6.04. The second-order valence-corrected chi connectivity index (χ2v) is 6.34. The summed E-state index contributed by atoms with van der Waals surface area (Å²) in [5.41, 5.74) is 3.01. The van der Waals surface area contributed by atoms with E-state index in [0.29, 0.717) is 23.2 Å². The second-order valence-electron chi connectivity index (χ2n) is 6.34. The molecule has 0 saturated heterocycles. The minimum atomic E-state index is -0.333. The van der Waals surface area contributed by atoms with Gasteiger partial charge in [0.05, 0.1) is 12.8 Å². The first-order chi connectivity index (χ1) is 13.1. The van der Waals surface area contributed by atoms with Crippen molar-refractivity contribution in [1.29, 1.82) is 0 Å². The summed E-state index contributed by atoms with van der Waals surface area (Å²) in [6.45, 7) is 4.30. The van der Waals surface area contributed by atoms with E-state index in [9.17, 15) is 4.79 Å². The van der Waals surface area contributed by atoms with Crippen LogP contribution >= 0.6 is 0 Å². The van der Waals surface area contributed by atoms with Crippen LogP contribution in [0, 0.1) is 0 Å². The number of aromatic nitrogens is 2. The van der Waals surface area contributed by atoms with E-state index in [4.69, 9.17) is 4.74 Å². The average Bonchev–Trinajstić information content (AvgIpc) is 2.69. The number of ether oxygens (including phenoxy) is 1. The Hall–Kier alpha value is -3.41. The summed E-state index contributed by atoms with van der Waals surface area (Å²) < 4.78 is 5.25. The van der Waals surface area contributed by atoms with E-state index in [0.717, 1.165) is 5.69 Å². The number of para-hydroxylation sites is 2. The van der Waals surface area contributed by atoms with Crippen LogP contribution in [0.3, 0.4) is 0 Å². The Balaban J connectivity index is 1.73. The molecule has 2 aromatic carbocycles. The predicted octanol–water partition coefficient (Wildman–Crippen LogP) is 4.60. The molecule has 3 aromatic rings. The minimum Gasteiger partial charge on any atom is -0.495 e. The minimum absolute atomic E-state index is 0.261. The van der Waals surface area contributed by atoms with E-state index in [1.807, 2.05) is 24.3 Å². The van der Waals surface area contributed by atoms with Crippen molar-refractivity contribution in [3.8, 4) is 5.75 Å². The molecule has 138 valence electrons. The number of benzene rings is 2. The molecule has 0 spiro atoms. The topological polar surface area (TPSA) is 76.1 Å². The van der Waals surface area contributed by atoms with Crippen molar-refractivity contribution in [2.24, 2.45) is 0 Å². The van der Waals surface area contributed by atoms with E-state index >= 15 is 0 Å². The Bertz CT molecular complexity index is 923. The fourth-order valence-electron chi connectivity index (χ4n) is 2.58. The number of hydrogen-bond acceptors (Lipinski definition) is 5. The summed E-state index contributed by atoms with van der Waals surface area (Å²) in [6, 6.07) is 17.0. The van der Waals surface area contributed by atoms with Gasteiger partial charge in [0.15, 0.2) is 0 Å². The molecule has 0 aliphatic rings. The fourth-order valence-corrected chi connectivity index (χ4v) is 2.58. The van der Waals surface area contributed by atoms with Gasteiger partial charge in [-0.05, 0) is 35.7 Å². The Morgan fingerprint density at radius 2 is 1.78 bits per heavy atom. The molecule has 0 bridgehead atoms. The molecule has 27 heavy (non-hydrogen) atoms. The Morgan fingerprint density at radius 3 is 2.48 bits per heavy atom. The first-order valence-corrected chi connectivity index (χ1v) is 8.70. The zero-order valence-electron chi connectivity index (χ0n) is 15.6. The van der Waals surface area contributed by atoms with Gasteiger partial charge >= 0.3 is 0 Å². The molecule has 2 N–H and O–H groups in total. The summed E-state index contributed by atoms with van der Waals surface area (Å²) in [7, 11) is 1.56. The van der Waals surface area contributed by atoms with Crippen molar-refractivity contribution in [1.82, 2.24) is 9.97 Å². The quantitative estimate of drug-likeness (QED) is 0.670. The van der Waals surface area contributed by atoms with E-state index in [1.165, 1.54) is 11.9 Å². The Kier molecular flexibility index (Phi) is 5.66. The second kappa shape index (κ2) is 8.31. The molecule has 3 rings (SSSR count). The molecule has 0 atom stereocenters. The lowest BCUT2D eigenvalue weighted by atomic mass is 10.0. The van der Waals surface area contributed by atoms with Crippen LogP contribution in [0.4, 0.5) is 17.2 Å². The SMILES string of the molecule is COc1ccccc1NC(=O)c1cc(Nc2ccc(C(C)C)cc2)ncn1. The molecule has 0 aliphatic heterocycles. The summed E-state index contributed by atoms with van der Waals surface area (Å²) >= 11 is 0. The molecule has 0 radical (unpaired) electrons. The molecule has 0 fully saturated rings. The zero-order valence-corrected chi connectivity index (χ0v) is 15.6. The number of amides is 1. The van der Waals surface area contributed by atoms with Crippen LogP contribution in [-0.4, -0.2) is 23.0 Å². The summed E-state index contributed by atoms with van der Waals surface area (Å²) in [5.74, 6) is 1.28. The molecule has 6 nitrogen and oxygen atoms in total. The van der Waals surface area contributed by atoms with Gasteiger partial charge < -0.3 is 15.4 Å². The van der Waals surface area contributed by atoms with Crippen LogP contribution in [0.2, 0.25) is 0 Å². The van der Waals surface area contributed by atoms with Crippen molar-refractivity contribution in [2.45, 2.75) is 19.8 Å². The summed E-state index contributed by atoms with van der Waals surface area (Å²) in [5, 5.41) is 6.00. The largest absolute Gasteiger partial charge is 0.495 e. The average molecular weight is 362 g/mol. The number of nitrogens with one attached hydrogen (secondary N) is 2. The van der Waals surface area contributed by atoms with E-state index in [1.54, 1.807) is 25.3 Å². The Labute approximate surface area is 158 Å². The first-order valence-electron chi connectivity index (χ1n) is 8.70. The third kappa shape index (κ3) is 4.61.